The summed E-state index contributed by atoms with van der Waals surface area (Å²) in [7, 11) is 0. The highest BCUT2D eigenvalue weighted by Crippen LogP contribution is 2.24. The van der Waals surface area contributed by atoms with E-state index in [1.54, 1.807) is 6.07 Å². The zero-order valence-electron chi connectivity index (χ0n) is 9.28. The van der Waals surface area contributed by atoms with Crippen LogP contribution >= 0.6 is 15.9 Å². The topological polar surface area (TPSA) is 47.3 Å². The zero-order chi connectivity index (χ0) is 12.0. The van der Waals surface area contributed by atoms with Gasteiger partial charge in [0.15, 0.2) is 0 Å². The van der Waals surface area contributed by atoms with E-state index in [1.165, 1.54) is 0 Å². The normalized spacial score (nSPS) is 9.88. The fourth-order valence-corrected chi connectivity index (χ4v) is 1.92. The molecule has 0 saturated carbocycles. The Morgan fingerprint density at radius 1 is 1.50 bits per heavy atom. The number of hydrogen-bond donors (Lipinski definition) is 1. The van der Waals surface area contributed by atoms with Gasteiger partial charge in [0.25, 0.3) is 0 Å². The van der Waals surface area contributed by atoms with Crippen LogP contribution in [0.25, 0.3) is 0 Å². The van der Waals surface area contributed by atoms with Crippen LogP contribution in [0.4, 0.5) is 5.69 Å². The summed E-state index contributed by atoms with van der Waals surface area (Å²) in [5.41, 5.74) is 1.59. The molecule has 0 saturated heterocycles. The van der Waals surface area contributed by atoms with Gasteiger partial charge in [-0.2, -0.15) is 5.26 Å². The van der Waals surface area contributed by atoms with Crippen molar-refractivity contribution in [2.24, 2.45) is 0 Å². The standard InChI is InChI=1S/C12H15BrN2O/c1-2-15(6-3-7-16)12-8-11(13)5-4-10(12)9-14/h4-5,8,16H,2-3,6-7H2,1H3. The van der Waals surface area contributed by atoms with Crippen molar-refractivity contribution in [1.82, 2.24) is 0 Å². The predicted octanol–water partition coefficient (Wildman–Crippen LogP) is 2.53. The number of hydrogen-bond acceptors (Lipinski definition) is 3. The van der Waals surface area contributed by atoms with Gasteiger partial charge in [-0.05, 0) is 31.5 Å². The molecule has 0 spiro atoms. The molecule has 1 aromatic carbocycles. The SMILES string of the molecule is CCN(CCCO)c1cc(Br)ccc1C#N. The minimum Gasteiger partial charge on any atom is -0.396 e. The van der Waals surface area contributed by atoms with Gasteiger partial charge in [0.1, 0.15) is 6.07 Å². The van der Waals surface area contributed by atoms with Crippen LogP contribution in [-0.4, -0.2) is 24.8 Å². The van der Waals surface area contributed by atoms with Crippen LogP contribution in [0.3, 0.4) is 0 Å². The van der Waals surface area contributed by atoms with Crippen LogP contribution in [-0.2, 0) is 0 Å². The number of nitrogens with zero attached hydrogens (tertiary/aromatic N) is 2. The number of anilines is 1. The van der Waals surface area contributed by atoms with Gasteiger partial charge in [0.2, 0.25) is 0 Å². The number of aliphatic hydroxyl groups is 1. The Kier molecular flexibility index (Phi) is 5.30. The lowest BCUT2D eigenvalue weighted by Crippen LogP contribution is -2.25. The first kappa shape index (κ1) is 13.0. The quantitative estimate of drug-likeness (QED) is 0.903. The van der Waals surface area contributed by atoms with E-state index in [0.717, 1.165) is 23.2 Å². The molecular formula is C12H15BrN2O. The van der Waals surface area contributed by atoms with Crippen molar-refractivity contribution in [2.45, 2.75) is 13.3 Å². The maximum Gasteiger partial charge on any atom is 0.101 e. The molecule has 3 nitrogen and oxygen atoms in total. The molecule has 0 radical (unpaired) electrons. The lowest BCUT2D eigenvalue weighted by molar-refractivity contribution is 0.289. The summed E-state index contributed by atoms with van der Waals surface area (Å²) in [6, 6.07) is 7.80. The Bertz CT molecular complexity index is 387. The van der Waals surface area contributed by atoms with E-state index < -0.39 is 0 Å². The molecule has 0 heterocycles. The summed E-state index contributed by atoms with van der Waals surface area (Å²) in [5, 5.41) is 17.9. The maximum absolute atomic E-state index is 9.04. The third-order valence-corrected chi connectivity index (χ3v) is 2.88. The molecule has 0 aliphatic heterocycles. The van der Waals surface area contributed by atoms with Crippen molar-refractivity contribution in [3.8, 4) is 6.07 Å². The Morgan fingerprint density at radius 2 is 2.25 bits per heavy atom. The molecule has 0 amide bonds. The van der Waals surface area contributed by atoms with Crippen LogP contribution in [0.2, 0.25) is 0 Å². The Morgan fingerprint density at radius 3 is 2.81 bits per heavy atom. The first-order chi connectivity index (χ1) is 7.72. The first-order valence-electron chi connectivity index (χ1n) is 5.28. The number of aliphatic hydroxyl groups excluding tert-OH is 1. The Labute approximate surface area is 104 Å². The van der Waals surface area contributed by atoms with Crippen molar-refractivity contribution < 1.29 is 5.11 Å². The number of benzene rings is 1. The van der Waals surface area contributed by atoms with Gasteiger partial charge in [0, 0.05) is 24.2 Å². The molecule has 0 fully saturated rings. The van der Waals surface area contributed by atoms with Crippen molar-refractivity contribution in [3.05, 3.63) is 28.2 Å². The summed E-state index contributed by atoms with van der Waals surface area (Å²) in [6.45, 7) is 3.80. The van der Waals surface area contributed by atoms with E-state index in [-0.39, 0.29) is 6.61 Å². The molecule has 0 aliphatic rings. The monoisotopic (exact) mass is 282 g/mol. The van der Waals surface area contributed by atoms with Gasteiger partial charge < -0.3 is 10.0 Å². The molecule has 4 heteroatoms. The van der Waals surface area contributed by atoms with Gasteiger partial charge >= 0.3 is 0 Å². The summed E-state index contributed by atoms with van der Waals surface area (Å²) in [4.78, 5) is 2.10. The molecule has 0 aliphatic carbocycles. The molecule has 0 atom stereocenters. The van der Waals surface area contributed by atoms with E-state index in [0.29, 0.717) is 12.0 Å². The minimum absolute atomic E-state index is 0.173. The van der Waals surface area contributed by atoms with Gasteiger partial charge in [-0.3, -0.25) is 0 Å². The molecule has 1 aromatic rings. The van der Waals surface area contributed by atoms with E-state index >= 15 is 0 Å². The van der Waals surface area contributed by atoms with E-state index in [2.05, 4.69) is 26.9 Å². The van der Waals surface area contributed by atoms with Crippen molar-refractivity contribution >= 4 is 21.6 Å². The van der Waals surface area contributed by atoms with E-state index in [1.807, 2.05) is 19.1 Å². The zero-order valence-corrected chi connectivity index (χ0v) is 10.9. The summed E-state index contributed by atoms with van der Waals surface area (Å²) in [5.74, 6) is 0. The van der Waals surface area contributed by atoms with Gasteiger partial charge in [-0.25, -0.2) is 0 Å². The average Bonchev–Trinajstić information content (AvgIpc) is 2.30. The lowest BCUT2D eigenvalue weighted by atomic mass is 10.1. The Hall–Kier alpha value is -1.05. The lowest BCUT2D eigenvalue weighted by Gasteiger charge is -2.24. The largest absolute Gasteiger partial charge is 0.396 e. The smallest absolute Gasteiger partial charge is 0.101 e. The van der Waals surface area contributed by atoms with Gasteiger partial charge in [-0.1, -0.05) is 15.9 Å². The van der Waals surface area contributed by atoms with Crippen LogP contribution in [0.15, 0.2) is 22.7 Å². The van der Waals surface area contributed by atoms with Gasteiger partial charge in [0.05, 0.1) is 11.3 Å². The summed E-state index contributed by atoms with van der Waals surface area (Å²) in [6.07, 6.45) is 0.714. The van der Waals surface area contributed by atoms with Crippen molar-refractivity contribution in [3.63, 3.8) is 0 Å². The fourth-order valence-electron chi connectivity index (χ4n) is 1.57. The fraction of sp³-hybridized carbons (Fsp3) is 0.417. The highest BCUT2D eigenvalue weighted by Gasteiger charge is 2.09. The van der Waals surface area contributed by atoms with E-state index in [9.17, 15) is 0 Å². The van der Waals surface area contributed by atoms with Crippen molar-refractivity contribution in [2.75, 3.05) is 24.6 Å². The predicted molar refractivity (Wildman–Crippen MR) is 68.4 cm³/mol. The molecule has 0 unspecified atom stereocenters. The van der Waals surface area contributed by atoms with E-state index in [4.69, 9.17) is 10.4 Å². The highest BCUT2D eigenvalue weighted by atomic mass is 79.9. The molecular weight excluding hydrogens is 268 g/mol. The molecule has 0 bridgehead atoms. The van der Waals surface area contributed by atoms with Crippen molar-refractivity contribution in [1.29, 1.82) is 5.26 Å². The molecule has 16 heavy (non-hydrogen) atoms. The van der Waals surface area contributed by atoms with Gasteiger partial charge in [-0.15, -0.1) is 0 Å². The number of halogens is 1. The highest BCUT2D eigenvalue weighted by molar-refractivity contribution is 9.10. The number of nitriles is 1. The summed E-state index contributed by atoms with van der Waals surface area (Å²) >= 11 is 3.41. The van der Waals surface area contributed by atoms with Crippen LogP contribution < -0.4 is 4.90 Å². The van der Waals surface area contributed by atoms with Crippen LogP contribution in [0.5, 0.6) is 0 Å². The number of rotatable bonds is 5. The second-order valence-corrected chi connectivity index (χ2v) is 4.35. The maximum atomic E-state index is 9.04. The minimum atomic E-state index is 0.173. The third kappa shape index (κ3) is 3.22. The second-order valence-electron chi connectivity index (χ2n) is 3.43. The molecule has 86 valence electrons. The third-order valence-electron chi connectivity index (χ3n) is 2.39. The Balaban J connectivity index is 2.98. The molecule has 1 rings (SSSR count). The van der Waals surface area contributed by atoms with Crippen LogP contribution in [0.1, 0.15) is 18.9 Å². The van der Waals surface area contributed by atoms with Crippen LogP contribution in [0, 0.1) is 11.3 Å². The summed E-state index contributed by atoms with van der Waals surface area (Å²) < 4.78 is 0.962. The first-order valence-corrected chi connectivity index (χ1v) is 6.07. The molecule has 1 N–H and O–H groups in total. The molecule has 0 aromatic heterocycles. The average molecular weight is 283 g/mol. The second kappa shape index (κ2) is 6.51.